The number of aryl methyl sites for hydroxylation is 1. The number of allylic oxidation sites excluding steroid dienone is 2. The first-order valence-corrected chi connectivity index (χ1v) is 15.1. The van der Waals surface area contributed by atoms with Crippen LogP contribution in [0.5, 0.6) is 5.75 Å². The molecule has 2 bridgehead atoms. The van der Waals surface area contributed by atoms with Crippen molar-refractivity contribution in [2.45, 2.75) is 70.0 Å². The largest absolute Gasteiger partial charge is 0.573 e. The van der Waals surface area contributed by atoms with E-state index in [0.29, 0.717) is 25.0 Å². The molecule has 2 aromatic carbocycles. The number of fused-ring (bicyclic) bond motifs is 3. The first-order valence-electron chi connectivity index (χ1n) is 15.1. The average molecular weight is 689 g/mol. The molecule has 17 heteroatoms. The maximum atomic E-state index is 14.2. The summed E-state index contributed by atoms with van der Waals surface area (Å²) in [5.41, 5.74) is -3.10. The summed E-state index contributed by atoms with van der Waals surface area (Å²) in [4.78, 5) is 18.0. The number of hydrogen-bond donors (Lipinski definition) is 0. The van der Waals surface area contributed by atoms with Crippen molar-refractivity contribution < 1.29 is 49.0 Å². The second-order valence-electron chi connectivity index (χ2n) is 12.3. The number of benzene rings is 2. The lowest BCUT2D eigenvalue weighted by atomic mass is 9.85. The normalized spacial score (nSPS) is 23.8. The fourth-order valence-corrected chi connectivity index (χ4v) is 7.11. The third kappa shape index (κ3) is 6.67. The molecule has 1 aromatic heterocycles. The van der Waals surface area contributed by atoms with Gasteiger partial charge in [0.05, 0.1) is 24.2 Å². The molecule has 48 heavy (non-hydrogen) atoms. The third-order valence-corrected chi connectivity index (χ3v) is 9.15. The van der Waals surface area contributed by atoms with Crippen molar-refractivity contribution in [3.05, 3.63) is 70.8 Å². The maximum Gasteiger partial charge on any atom is 0.573 e. The Morgan fingerprint density at radius 1 is 0.938 bits per heavy atom. The standard InChI is InChI=1S/C31H29F9N6O2/c1-3-21-13-26(45(28-41-43-44(2)42-28)15-17-9-19(29(32,33)34)12-20(10-17)30(35,36)37)24-14-22(48-31(38,39)40)6-7-25(24)46(21)27(47)23-11-16-4-5-18(23)8-16/h4-7,9-10,12,14,16,18,21,23,26H,3,8,11,13,15H2,1-2H3. The summed E-state index contributed by atoms with van der Waals surface area (Å²) in [5.74, 6) is -1.13. The van der Waals surface area contributed by atoms with E-state index in [4.69, 9.17) is 0 Å². The van der Waals surface area contributed by atoms with E-state index < -0.39 is 59.8 Å². The number of hydrogen-bond acceptors (Lipinski definition) is 6. The summed E-state index contributed by atoms with van der Waals surface area (Å²) < 4.78 is 127. The van der Waals surface area contributed by atoms with Crippen molar-refractivity contribution >= 4 is 17.5 Å². The van der Waals surface area contributed by atoms with Crippen LogP contribution < -0.4 is 14.5 Å². The predicted molar refractivity (Wildman–Crippen MR) is 152 cm³/mol. The third-order valence-electron chi connectivity index (χ3n) is 9.15. The van der Waals surface area contributed by atoms with Gasteiger partial charge in [0.15, 0.2) is 0 Å². The molecule has 2 heterocycles. The smallest absolute Gasteiger partial charge is 0.406 e. The number of nitrogens with zero attached hydrogens (tertiary/aromatic N) is 6. The Balaban J connectivity index is 1.48. The van der Waals surface area contributed by atoms with Crippen LogP contribution in [0.15, 0.2) is 48.6 Å². The highest BCUT2D eigenvalue weighted by Gasteiger charge is 2.47. The van der Waals surface area contributed by atoms with Gasteiger partial charge in [0.2, 0.25) is 5.91 Å². The van der Waals surface area contributed by atoms with Gasteiger partial charge in [-0.25, -0.2) is 0 Å². The molecule has 2 aliphatic carbocycles. The molecule has 0 spiro atoms. The van der Waals surface area contributed by atoms with Crippen molar-refractivity contribution in [2.24, 2.45) is 24.8 Å². The minimum Gasteiger partial charge on any atom is -0.406 e. The van der Waals surface area contributed by atoms with Crippen molar-refractivity contribution in [2.75, 3.05) is 9.80 Å². The van der Waals surface area contributed by atoms with Crippen molar-refractivity contribution in [1.82, 2.24) is 20.2 Å². The molecule has 1 amide bonds. The number of amides is 1. The van der Waals surface area contributed by atoms with Gasteiger partial charge in [0, 0.05) is 29.8 Å². The van der Waals surface area contributed by atoms with Gasteiger partial charge in [-0.05, 0) is 84.7 Å². The van der Waals surface area contributed by atoms with Gasteiger partial charge in [-0.3, -0.25) is 4.79 Å². The number of halogens is 9. The highest BCUT2D eigenvalue weighted by atomic mass is 19.4. The van der Waals surface area contributed by atoms with Crippen LogP contribution in [0.4, 0.5) is 51.1 Å². The van der Waals surface area contributed by atoms with Gasteiger partial charge in [0.1, 0.15) is 5.75 Å². The van der Waals surface area contributed by atoms with Crippen molar-refractivity contribution in [3.8, 4) is 5.75 Å². The molecule has 5 unspecified atom stereocenters. The predicted octanol–water partition coefficient (Wildman–Crippen LogP) is 7.62. The van der Waals surface area contributed by atoms with E-state index in [1.54, 1.807) is 4.90 Å². The summed E-state index contributed by atoms with van der Waals surface area (Å²) in [6.07, 6.45) is -9.40. The molecule has 1 fully saturated rings. The summed E-state index contributed by atoms with van der Waals surface area (Å²) >= 11 is 0. The molecule has 0 radical (unpaired) electrons. The Morgan fingerprint density at radius 3 is 2.15 bits per heavy atom. The molecule has 5 atom stereocenters. The number of anilines is 2. The SMILES string of the molecule is CCC1CC(N(Cc2cc(C(F)(F)F)cc(C(F)(F)F)c2)c2nnn(C)n2)c2cc(OC(F)(F)F)ccc2N1C(=O)C1CC2C=CC1C2. The summed E-state index contributed by atoms with van der Waals surface area (Å²) in [6, 6.07) is 3.04. The molecular formula is C31H29F9N6O2. The Hall–Kier alpha value is -4.31. The van der Waals surface area contributed by atoms with E-state index >= 15 is 0 Å². The second kappa shape index (κ2) is 12.0. The van der Waals surface area contributed by atoms with E-state index in [2.05, 4.69) is 26.2 Å². The van der Waals surface area contributed by atoms with Crippen LogP contribution in [0, 0.1) is 17.8 Å². The van der Waals surface area contributed by atoms with Gasteiger partial charge in [-0.1, -0.05) is 24.2 Å². The van der Waals surface area contributed by atoms with Crippen LogP contribution >= 0.6 is 0 Å². The maximum absolute atomic E-state index is 14.2. The number of carbonyl (C=O) groups is 1. The van der Waals surface area contributed by atoms with E-state index in [1.165, 1.54) is 18.0 Å². The zero-order valence-corrected chi connectivity index (χ0v) is 25.4. The first-order chi connectivity index (χ1) is 22.4. The van der Waals surface area contributed by atoms with Gasteiger partial charge in [-0.2, -0.15) is 31.1 Å². The van der Waals surface area contributed by atoms with Crippen LogP contribution in [0.2, 0.25) is 0 Å². The van der Waals surface area contributed by atoms with Crippen LogP contribution in [0.1, 0.15) is 60.9 Å². The molecule has 6 rings (SSSR count). The number of tetrazole rings is 1. The quantitative estimate of drug-likeness (QED) is 0.188. The molecule has 1 aliphatic heterocycles. The zero-order chi connectivity index (χ0) is 34.8. The Bertz CT molecular complexity index is 1690. The van der Waals surface area contributed by atoms with E-state index in [1.807, 2.05) is 13.0 Å². The highest BCUT2D eigenvalue weighted by Crippen LogP contribution is 2.49. The topological polar surface area (TPSA) is 76.4 Å². The van der Waals surface area contributed by atoms with Gasteiger partial charge in [0.25, 0.3) is 5.95 Å². The van der Waals surface area contributed by atoms with Crippen LogP contribution in [-0.4, -0.2) is 38.5 Å². The number of alkyl halides is 9. The molecule has 0 saturated heterocycles. The lowest BCUT2D eigenvalue weighted by Crippen LogP contribution is -2.50. The van der Waals surface area contributed by atoms with E-state index in [-0.39, 0.29) is 53.3 Å². The monoisotopic (exact) mass is 688 g/mol. The van der Waals surface area contributed by atoms with Crippen LogP contribution in [-0.2, 0) is 30.7 Å². The number of rotatable bonds is 7. The van der Waals surface area contributed by atoms with Gasteiger partial charge < -0.3 is 14.5 Å². The van der Waals surface area contributed by atoms with E-state index in [9.17, 15) is 44.3 Å². The molecule has 3 aliphatic rings. The summed E-state index contributed by atoms with van der Waals surface area (Å²) in [7, 11) is 1.39. The molecular weight excluding hydrogens is 659 g/mol. The minimum absolute atomic E-state index is 0.00650. The van der Waals surface area contributed by atoms with Crippen LogP contribution in [0.25, 0.3) is 0 Å². The molecule has 1 saturated carbocycles. The lowest BCUT2D eigenvalue weighted by Gasteiger charge is -2.45. The minimum atomic E-state index is -5.12. The molecule has 0 N–H and O–H groups in total. The summed E-state index contributed by atoms with van der Waals surface area (Å²) in [6.45, 7) is 1.19. The van der Waals surface area contributed by atoms with Crippen molar-refractivity contribution in [3.63, 3.8) is 0 Å². The Labute approximate surface area is 268 Å². The Kier molecular flexibility index (Phi) is 8.38. The van der Waals surface area contributed by atoms with Crippen LogP contribution in [0.3, 0.4) is 0 Å². The fraction of sp³-hybridized carbons (Fsp3) is 0.484. The van der Waals surface area contributed by atoms with Gasteiger partial charge >= 0.3 is 18.7 Å². The lowest BCUT2D eigenvalue weighted by molar-refractivity contribution is -0.274. The highest BCUT2D eigenvalue weighted by molar-refractivity contribution is 5.98. The fourth-order valence-electron chi connectivity index (χ4n) is 7.11. The summed E-state index contributed by atoms with van der Waals surface area (Å²) in [5, 5.41) is 11.9. The molecule has 258 valence electrons. The number of ether oxygens (including phenoxy) is 1. The zero-order valence-electron chi connectivity index (χ0n) is 25.4. The molecule has 8 nitrogen and oxygen atoms in total. The number of aromatic nitrogens is 4. The second-order valence-corrected chi connectivity index (χ2v) is 12.3. The van der Waals surface area contributed by atoms with E-state index in [0.717, 1.165) is 23.4 Å². The average Bonchev–Trinajstić information content (AvgIpc) is 3.75. The Morgan fingerprint density at radius 2 is 1.62 bits per heavy atom. The van der Waals surface area contributed by atoms with Gasteiger partial charge in [-0.15, -0.1) is 18.3 Å². The number of carbonyl (C=O) groups excluding carboxylic acids is 1. The molecule has 3 aromatic rings. The first kappa shape index (κ1) is 33.6. The van der Waals surface area contributed by atoms with Crippen molar-refractivity contribution in [1.29, 1.82) is 0 Å².